The van der Waals surface area contributed by atoms with Crippen molar-refractivity contribution in [3.63, 3.8) is 0 Å². The van der Waals surface area contributed by atoms with E-state index in [1.165, 1.54) is 12.1 Å². The molecule has 2 aromatic carbocycles. The van der Waals surface area contributed by atoms with Crippen LogP contribution in [0.15, 0.2) is 42.5 Å². The van der Waals surface area contributed by atoms with Gasteiger partial charge in [0.2, 0.25) is 5.91 Å². The van der Waals surface area contributed by atoms with Crippen LogP contribution in [0, 0.1) is 10.1 Å². The van der Waals surface area contributed by atoms with Crippen molar-refractivity contribution in [1.82, 2.24) is 0 Å². The molecule has 0 atom stereocenters. The van der Waals surface area contributed by atoms with E-state index in [2.05, 4.69) is 16.0 Å². The summed E-state index contributed by atoms with van der Waals surface area (Å²) in [6.07, 6.45) is 0.796. The number of para-hydroxylation sites is 1. The van der Waals surface area contributed by atoms with Gasteiger partial charge in [-0.3, -0.25) is 14.9 Å². The smallest absolute Gasteiger partial charge is 0.271 e. The van der Waals surface area contributed by atoms with E-state index in [4.69, 9.17) is 5.11 Å². The van der Waals surface area contributed by atoms with E-state index in [1.807, 2.05) is 31.2 Å². The van der Waals surface area contributed by atoms with Crippen LogP contribution in [0.5, 0.6) is 0 Å². The lowest BCUT2D eigenvalue weighted by Crippen LogP contribution is -2.23. The number of hydrogen-bond acceptors (Lipinski definition) is 6. The van der Waals surface area contributed by atoms with Gasteiger partial charge < -0.3 is 21.1 Å². The number of rotatable bonds is 9. The lowest BCUT2D eigenvalue weighted by Gasteiger charge is -2.14. The van der Waals surface area contributed by atoms with Gasteiger partial charge in [-0.15, -0.1) is 0 Å². The molecule has 8 nitrogen and oxygen atoms in total. The maximum absolute atomic E-state index is 12.2. The van der Waals surface area contributed by atoms with Crippen LogP contribution in [0.4, 0.5) is 22.7 Å². The third-order valence-corrected chi connectivity index (χ3v) is 3.75. The molecule has 0 fully saturated rings. The largest absolute Gasteiger partial charge is 0.395 e. The lowest BCUT2D eigenvalue weighted by atomic mass is 10.1. The molecule has 0 radical (unpaired) electrons. The zero-order chi connectivity index (χ0) is 18.9. The molecule has 2 rings (SSSR count). The Morgan fingerprint density at radius 2 is 1.88 bits per heavy atom. The highest BCUT2D eigenvalue weighted by atomic mass is 16.6. The highest BCUT2D eigenvalue weighted by Gasteiger charge is 2.12. The number of aliphatic hydroxyl groups is 1. The SMILES string of the molecule is CCc1ccccc1NC(=O)CNc1cc([N+](=O)[O-])ccc1NCCO. The minimum atomic E-state index is -0.501. The number of nitrogens with one attached hydrogen (secondary N) is 3. The van der Waals surface area contributed by atoms with Gasteiger partial charge in [-0.1, -0.05) is 25.1 Å². The van der Waals surface area contributed by atoms with Crippen molar-refractivity contribution >= 4 is 28.7 Å². The highest BCUT2D eigenvalue weighted by Crippen LogP contribution is 2.27. The van der Waals surface area contributed by atoms with E-state index in [1.54, 1.807) is 6.07 Å². The van der Waals surface area contributed by atoms with E-state index in [9.17, 15) is 14.9 Å². The van der Waals surface area contributed by atoms with Gasteiger partial charge in [-0.05, 0) is 24.1 Å². The maximum Gasteiger partial charge on any atom is 0.271 e. The van der Waals surface area contributed by atoms with Crippen LogP contribution in [0.25, 0.3) is 0 Å². The molecule has 0 aliphatic carbocycles. The first-order chi connectivity index (χ1) is 12.5. The summed E-state index contributed by atoms with van der Waals surface area (Å²) < 4.78 is 0. The molecule has 1 amide bonds. The zero-order valence-electron chi connectivity index (χ0n) is 14.5. The molecule has 0 aliphatic rings. The second-order valence-electron chi connectivity index (χ2n) is 5.55. The molecule has 0 spiro atoms. The van der Waals surface area contributed by atoms with E-state index in [0.717, 1.165) is 17.7 Å². The predicted octanol–water partition coefficient (Wildman–Crippen LogP) is 2.61. The van der Waals surface area contributed by atoms with E-state index < -0.39 is 4.92 Å². The lowest BCUT2D eigenvalue weighted by molar-refractivity contribution is -0.384. The molecule has 0 saturated heterocycles. The Morgan fingerprint density at radius 3 is 2.58 bits per heavy atom. The number of aryl methyl sites for hydroxylation is 1. The van der Waals surface area contributed by atoms with Crippen molar-refractivity contribution < 1.29 is 14.8 Å². The molecular weight excluding hydrogens is 336 g/mol. The molecule has 0 unspecified atom stereocenters. The molecule has 26 heavy (non-hydrogen) atoms. The molecule has 138 valence electrons. The topological polar surface area (TPSA) is 117 Å². The van der Waals surface area contributed by atoms with Crippen molar-refractivity contribution in [2.45, 2.75) is 13.3 Å². The van der Waals surface area contributed by atoms with Crippen molar-refractivity contribution in [1.29, 1.82) is 0 Å². The summed E-state index contributed by atoms with van der Waals surface area (Å²) in [6, 6.07) is 11.8. The van der Waals surface area contributed by atoms with Gasteiger partial charge in [-0.25, -0.2) is 0 Å². The Kier molecular flexibility index (Phi) is 6.92. The summed E-state index contributed by atoms with van der Waals surface area (Å²) in [5, 5.41) is 28.6. The number of amides is 1. The van der Waals surface area contributed by atoms with Gasteiger partial charge in [0.05, 0.1) is 29.4 Å². The van der Waals surface area contributed by atoms with E-state index in [-0.39, 0.29) is 24.7 Å². The fraction of sp³-hybridized carbons (Fsp3) is 0.278. The zero-order valence-corrected chi connectivity index (χ0v) is 14.5. The standard InChI is InChI=1S/C18H22N4O4/c1-2-13-5-3-4-6-15(13)21-18(24)12-20-17-11-14(22(25)26)7-8-16(17)19-9-10-23/h3-8,11,19-20,23H,2,9-10,12H2,1H3,(H,21,24). The average molecular weight is 358 g/mol. The molecule has 0 aromatic heterocycles. The van der Waals surface area contributed by atoms with Gasteiger partial charge in [0, 0.05) is 24.4 Å². The van der Waals surface area contributed by atoms with Crippen LogP contribution in [-0.2, 0) is 11.2 Å². The molecule has 4 N–H and O–H groups in total. The monoisotopic (exact) mass is 358 g/mol. The Hall–Kier alpha value is -3.13. The molecule has 0 aliphatic heterocycles. The number of non-ortho nitro benzene ring substituents is 1. The van der Waals surface area contributed by atoms with Gasteiger partial charge in [0.1, 0.15) is 0 Å². The van der Waals surface area contributed by atoms with Crippen LogP contribution in [0.1, 0.15) is 12.5 Å². The van der Waals surface area contributed by atoms with Crippen molar-refractivity contribution in [2.75, 3.05) is 35.6 Å². The Morgan fingerprint density at radius 1 is 1.12 bits per heavy atom. The van der Waals surface area contributed by atoms with Crippen LogP contribution in [-0.4, -0.2) is 35.6 Å². The minimum Gasteiger partial charge on any atom is -0.395 e. The Bertz CT molecular complexity index is 780. The highest BCUT2D eigenvalue weighted by molar-refractivity contribution is 5.95. The van der Waals surface area contributed by atoms with Crippen molar-refractivity contribution in [2.24, 2.45) is 0 Å². The first-order valence-electron chi connectivity index (χ1n) is 8.30. The van der Waals surface area contributed by atoms with Crippen LogP contribution in [0.3, 0.4) is 0 Å². The third-order valence-electron chi connectivity index (χ3n) is 3.75. The summed E-state index contributed by atoms with van der Waals surface area (Å²) in [7, 11) is 0. The first-order valence-corrected chi connectivity index (χ1v) is 8.30. The summed E-state index contributed by atoms with van der Waals surface area (Å²) in [4.78, 5) is 22.7. The van der Waals surface area contributed by atoms with E-state index >= 15 is 0 Å². The van der Waals surface area contributed by atoms with Crippen LogP contribution >= 0.6 is 0 Å². The number of anilines is 3. The number of hydrogen-bond donors (Lipinski definition) is 4. The quantitative estimate of drug-likeness (QED) is 0.404. The van der Waals surface area contributed by atoms with Crippen molar-refractivity contribution in [3.8, 4) is 0 Å². The van der Waals surface area contributed by atoms with Crippen molar-refractivity contribution in [3.05, 3.63) is 58.1 Å². The summed E-state index contributed by atoms with van der Waals surface area (Å²) in [5.74, 6) is -0.259. The van der Waals surface area contributed by atoms with E-state index in [0.29, 0.717) is 17.9 Å². The van der Waals surface area contributed by atoms with Gasteiger partial charge in [0.25, 0.3) is 5.69 Å². The Balaban J connectivity index is 2.07. The number of nitro benzene ring substituents is 1. The number of carbonyl (C=O) groups is 1. The number of nitrogens with zero attached hydrogens (tertiary/aromatic N) is 1. The number of benzene rings is 2. The first kappa shape index (κ1) is 19.2. The maximum atomic E-state index is 12.2. The molecule has 0 bridgehead atoms. The molecule has 0 saturated carbocycles. The second kappa shape index (κ2) is 9.38. The van der Waals surface area contributed by atoms with Crippen LogP contribution < -0.4 is 16.0 Å². The fourth-order valence-corrected chi connectivity index (χ4v) is 2.46. The summed E-state index contributed by atoms with van der Waals surface area (Å²) >= 11 is 0. The summed E-state index contributed by atoms with van der Waals surface area (Å²) in [6.45, 7) is 2.17. The molecule has 2 aromatic rings. The van der Waals surface area contributed by atoms with Crippen LogP contribution in [0.2, 0.25) is 0 Å². The van der Waals surface area contributed by atoms with Gasteiger partial charge in [-0.2, -0.15) is 0 Å². The average Bonchev–Trinajstić information content (AvgIpc) is 2.65. The minimum absolute atomic E-state index is 0.0486. The normalized spacial score (nSPS) is 10.2. The number of nitro groups is 1. The molecular formula is C18H22N4O4. The predicted molar refractivity (Wildman–Crippen MR) is 102 cm³/mol. The Labute approximate surface area is 151 Å². The van der Waals surface area contributed by atoms with Gasteiger partial charge >= 0.3 is 0 Å². The second-order valence-corrected chi connectivity index (χ2v) is 5.55. The molecule has 8 heteroatoms. The van der Waals surface area contributed by atoms with Gasteiger partial charge in [0.15, 0.2) is 0 Å². The fourth-order valence-electron chi connectivity index (χ4n) is 2.46. The summed E-state index contributed by atoms with van der Waals surface area (Å²) in [5.41, 5.74) is 2.69. The number of aliphatic hydroxyl groups excluding tert-OH is 1. The number of carbonyl (C=O) groups excluding carboxylic acids is 1. The molecule has 0 heterocycles. The third kappa shape index (κ3) is 5.18.